The Morgan fingerprint density at radius 1 is 1.33 bits per heavy atom. The second kappa shape index (κ2) is 6.64. The van der Waals surface area contributed by atoms with Gasteiger partial charge in [0.05, 0.1) is 0 Å². The fourth-order valence-corrected chi connectivity index (χ4v) is 2.62. The molecule has 9 heteroatoms. The molecule has 2 heterocycles. The van der Waals surface area contributed by atoms with Crippen molar-refractivity contribution in [3.8, 4) is 0 Å². The van der Waals surface area contributed by atoms with Crippen LogP contribution < -0.4 is 10.0 Å². The zero-order chi connectivity index (χ0) is 15.3. The molecule has 0 saturated carbocycles. The second-order valence-electron chi connectivity index (χ2n) is 4.29. The quantitative estimate of drug-likeness (QED) is 0.775. The van der Waals surface area contributed by atoms with Crippen LogP contribution in [0.3, 0.4) is 0 Å². The van der Waals surface area contributed by atoms with Crippen LogP contribution in [0.1, 0.15) is 18.6 Å². The first-order chi connectivity index (χ1) is 10.0. The predicted molar refractivity (Wildman–Crippen MR) is 76.3 cm³/mol. The Kier molecular flexibility index (Phi) is 4.86. The van der Waals surface area contributed by atoms with Gasteiger partial charge < -0.3 is 9.84 Å². The van der Waals surface area contributed by atoms with E-state index in [0.29, 0.717) is 24.0 Å². The molecule has 2 rings (SSSR count). The molecule has 0 aliphatic rings. The first-order valence-corrected chi connectivity index (χ1v) is 7.98. The summed E-state index contributed by atoms with van der Waals surface area (Å²) in [6, 6.07) is 3.13. The fourth-order valence-electron chi connectivity index (χ4n) is 1.65. The standard InChI is InChI=1S/C12H17N5O3S/c1-3-13-11-5-4-10(8-14-11)21(18,19)15-7-6-12-16-9(2)20-17-12/h4-5,8,15H,3,6-7H2,1-2H3,(H,13,14). The Morgan fingerprint density at radius 2 is 2.14 bits per heavy atom. The Hall–Kier alpha value is -2.00. The minimum atomic E-state index is -3.58. The molecule has 0 unspecified atom stereocenters. The maximum atomic E-state index is 12.1. The minimum Gasteiger partial charge on any atom is -0.370 e. The Labute approximate surface area is 123 Å². The van der Waals surface area contributed by atoms with Gasteiger partial charge in [-0.05, 0) is 19.1 Å². The molecule has 2 aromatic rings. The maximum Gasteiger partial charge on any atom is 0.242 e. The largest absolute Gasteiger partial charge is 0.370 e. The Morgan fingerprint density at radius 3 is 2.71 bits per heavy atom. The lowest BCUT2D eigenvalue weighted by molar-refractivity contribution is 0.387. The summed E-state index contributed by atoms with van der Waals surface area (Å²) >= 11 is 0. The summed E-state index contributed by atoms with van der Waals surface area (Å²) in [7, 11) is -3.58. The topological polar surface area (TPSA) is 110 Å². The molecule has 0 aromatic carbocycles. The molecular formula is C12H17N5O3S. The van der Waals surface area contributed by atoms with E-state index in [-0.39, 0.29) is 11.4 Å². The third-order valence-corrected chi connectivity index (χ3v) is 4.06. The number of nitrogens with one attached hydrogen (secondary N) is 2. The summed E-state index contributed by atoms with van der Waals surface area (Å²) < 4.78 is 31.4. The lowest BCUT2D eigenvalue weighted by Gasteiger charge is -2.06. The number of aryl methyl sites for hydroxylation is 1. The van der Waals surface area contributed by atoms with Crippen molar-refractivity contribution < 1.29 is 12.9 Å². The molecule has 0 aliphatic carbocycles. The van der Waals surface area contributed by atoms with Gasteiger partial charge in [-0.25, -0.2) is 18.1 Å². The van der Waals surface area contributed by atoms with Crippen molar-refractivity contribution in [3.63, 3.8) is 0 Å². The van der Waals surface area contributed by atoms with E-state index in [2.05, 4.69) is 25.2 Å². The molecule has 0 radical (unpaired) electrons. The number of rotatable bonds is 7. The monoisotopic (exact) mass is 311 g/mol. The number of nitrogens with zero attached hydrogens (tertiary/aromatic N) is 3. The second-order valence-corrected chi connectivity index (χ2v) is 6.05. The first-order valence-electron chi connectivity index (χ1n) is 6.50. The van der Waals surface area contributed by atoms with Gasteiger partial charge in [0, 0.05) is 32.6 Å². The van der Waals surface area contributed by atoms with Crippen LogP contribution >= 0.6 is 0 Å². The molecule has 0 atom stereocenters. The molecule has 114 valence electrons. The van der Waals surface area contributed by atoms with Crippen LogP contribution in [-0.4, -0.2) is 36.6 Å². The van der Waals surface area contributed by atoms with Gasteiger partial charge in [-0.3, -0.25) is 0 Å². The van der Waals surface area contributed by atoms with Crippen LogP contribution in [0.15, 0.2) is 27.7 Å². The van der Waals surface area contributed by atoms with Gasteiger partial charge in [0.25, 0.3) is 0 Å². The lowest BCUT2D eigenvalue weighted by Crippen LogP contribution is -2.26. The lowest BCUT2D eigenvalue weighted by atomic mass is 10.4. The van der Waals surface area contributed by atoms with Crippen molar-refractivity contribution in [1.82, 2.24) is 19.8 Å². The fraction of sp³-hybridized carbons (Fsp3) is 0.417. The van der Waals surface area contributed by atoms with E-state index in [9.17, 15) is 8.42 Å². The zero-order valence-corrected chi connectivity index (χ0v) is 12.6. The normalized spacial score (nSPS) is 11.5. The number of hydrogen-bond donors (Lipinski definition) is 2. The van der Waals surface area contributed by atoms with Crippen LogP contribution in [0.2, 0.25) is 0 Å². The van der Waals surface area contributed by atoms with Gasteiger partial charge in [0.2, 0.25) is 15.9 Å². The molecule has 0 aliphatic heterocycles. The molecular weight excluding hydrogens is 294 g/mol. The van der Waals surface area contributed by atoms with E-state index < -0.39 is 10.0 Å². The minimum absolute atomic E-state index is 0.119. The molecule has 0 saturated heterocycles. The summed E-state index contributed by atoms with van der Waals surface area (Å²) in [4.78, 5) is 8.16. The van der Waals surface area contributed by atoms with Gasteiger partial charge in [-0.1, -0.05) is 5.16 Å². The summed E-state index contributed by atoms with van der Waals surface area (Å²) in [6.45, 7) is 4.53. The number of aromatic nitrogens is 3. The van der Waals surface area contributed by atoms with Gasteiger partial charge in [0.15, 0.2) is 5.82 Å². The summed E-state index contributed by atoms with van der Waals surface area (Å²) in [5.74, 6) is 1.56. The summed E-state index contributed by atoms with van der Waals surface area (Å²) in [5, 5.41) is 6.70. The predicted octanol–water partition coefficient (Wildman–Crippen LogP) is 0.726. The molecule has 0 fully saturated rings. The van der Waals surface area contributed by atoms with Gasteiger partial charge in [-0.15, -0.1) is 0 Å². The highest BCUT2D eigenvalue weighted by Crippen LogP contribution is 2.10. The van der Waals surface area contributed by atoms with E-state index in [1.807, 2.05) is 6.92 Å². The van der Waals surface area contributed by atoms with Gasteiger partial charge in [0.1, 0.15) is 10.7 Å². The highest BCUT2D eigenvalue weighted by atomic mass is 32.2. The maximum absolute atomic E-state index is 12.1. The molecule has 2 aromatic heterocycles. The Bertz CT molecular complexity index is 681. The zero-order valence-electron chi connectivity index (χ0n) is 11.8. The SMILES string of the molecule is CCNc1ccc(S(=O)(=O)NCCc2noc(C)n2)cn1. The van der Waals surface area contributed by atoms with Crippen molar-refractivity contribution in [3.05, 3.63) is 30.0 Å². The molecule has 2 N–H and O–H groups in total. The highest BCUT2D eigenvalue weighted by Gasteiger charge is 2.14. The summed E-state index contributed by atoms with van der Waals surface area (Å²) in [6.07, 6.45) is 1.68. The molecule has 0 amide bonds. The molecule has 21 heavy (non-hydrogen) atoms. The van der Waals surface area contributed by atoms with Gasteiger partial charge in [-0.2, -0.15) is 4.98 Å². The van der Waals surface area contributed by atoms with Crippen LogP contribution in [-0.2, 0) is 16.4 Å². The first kappa shape index (κ1) is 15.4. The number of pyridine rings is 1. The third kappa shape index (κ3) is 4.23. The van der Waals surface area contributed by atoms with Crippen molar-refractivity contribution in [2.45, 2.75) is 25.2 Å². The van der Waals surface area contributed by atoms with E-state index in [1.165, 1.54) is 12.3 Å². The van der Waals surface area contributed by atoms with Crippen LogP contribution in [0.4, 0.5) is 5.82 Å². The average molecular weight is 311 g/mol. The molecule has 0 bridgehead atoms. The Balaban J connectivity index is 1.94. The van der Waals surface area contributed by atoms with E-state index in [1.54, 1.807) is 13.0 Å². The highest BCUT2D eigenvalue weighted by molar-refractivity contribution is 7.89. The van der Waals surface area contributed by atoms with Crippen molar-refractivity contribution in [1.29, 1.82) is 0 Å². The van der Waals surface area contributed by atoms with E-state index in [4.69, 9.17) is 4.52 Å². The number of anilines is 1. The number of sulfonamides is 1. The van der Waals surface area contributed by atoms with Crippen LogP contribution in [0.5, 0.6) is 0 Å². The van der Waals surface area contributed by atoms with E-state index in [0.717, 1.165) is 6.54 Å². The van der Waals surface area contributed by atoms with Crippen LogP contribution in [0.25, 0.3) is 0 Å². The van der Waals surface area contributed by atoms with E-state index >= 15 is 0 Å². The smallest absolute Gasteiger partial charge is 0.242 e. The van der Waals surface area contributed by atoms with Gasteiger partial charge >= 0.3 is 0 Å². The molecule has 8 nitrogen and oxygen atoms in total. The molecule has 0 spiro atoms. The third-order valence-electron chi connectivity index (χ3n) is 2.61. The van der Waals surface area contributed by atoms with Crippen molar-refractivity contribution >= 4 is 15.8 Å². The van der Waals surface area contributed by atoms with Crippen molar-refractivity contribution in [2.24, 2.45) is 0 Å². The van der Waals surface area contributed by atoms with Crippen LogP contribution in [0, 0.1) is 6.92 Å². The van der Waals surface area contributed by atoms with Crippen molar-refractivity contribution in [2.75, 3.05) is 18.4 Å². The summed E-state index contributed by atoms with van der Waals surface area (Å²) in [5.41, 5.74) is 0. The average Bonchev–Trinajstić information content (AvgIpc) is 2.85. The number of hydrogen-bond acceptors (Lipinski definition) is 7.